The van der Waals surface area contributed by atoms with Crippen molar-refractivity contribution in [2.75, 3.05) is 13.1 Å². The van der Waals surface area contributed by atoms with Crippen LogP contribution in [-0.4, -0.2) is 35.1 Å². The van der Waals surface area contributed by atoms with Gasteiger partial charge in [0.25, 0.3) is 0 Å². The maximum atomic E-state index is 11.3. The van der Waals surface area contributed by atoms with Crippen molar-refractivity contribution in [3.05, 3.63) is 34.9 Å². The number of hydrogen-bond acceptors (Lipinski definition) is 3. The Morgan fingerprint density at radius 1 is 1.33 bits per heavy atom. The third-order valence-electron chi connectivity index (χ3n) is 4.79. The van der Waals surface area contributed by atoms with E-state index in [0.717, 1.165) is 51.7 Å². The van der Waals surface area contributed by atoms with Crippen molar-refractivity contribution in [3.63, 3.8) is 0 Å². The number of nitrogens with zero attached hydrogens (tertiary/aromatic N) is 1. The first-order valence-electron chi connectivity index (χ1n) is 7.92. The number of primary amides is 1. The highest BCUT2D eigenvalue weighted by molar-refractivity contribution is 5.77. The third kappa shape index (κ3) is 3.44. The van der Waals surface area contributed by atoms with Crippen molar-refractivity contribution in [3.8, 4) is 0 Å². The molecule has 1 saturated heterocycles. The zero-order chi connectivity index (χ0) is 14.8. The van der Waals surface area contributed by atoms with Crippen LogP contribution in [0.15, 0.2) is 18.2 Å². The van der Waals surface area contributed by atoms with Gasteiger partial charge in [-0.1, -0.05) is 18.2 Å². The van der Waals surface area contributed by atoms with E-state index in [0.29, 0.717) is 0 Å². The molecule has 1 heterocycles. The molecule has 1 aromatic rings. The van der Waals surface area contributed by atoms with Gasteiger partial charge in [0.1, 0.15) is 0 Å². The van der Waals surface area contributed by atoms with Gasteiger partial charge in [-0.3, -0.25) is 9.69 Å². The Hall–Kier alpha value is -1.39. The van der Waals surface area contributed by atoms with E-state index < -0.39 is 0 Å². The average molecular weight is 288 g/mol. The Balaban J connectivity index is 1.68. The Kier molecular flexibility index (Phi) is 4.27. The summed E-state index contributed by atoms with van der Waals surface area (Å²) in [4.78, 5) is 13.6. The van der Waals surface area contributed by atoms with Gasteiger partial charge in [-0.2, -0.15) is 0 Å². The highest BCUT2D eigenvalue weighted by Gasteiger charge is 2.23. The summed E-state index contributed by atoms with van der Waals surface area (Å²) in [5.41, 5.74) is 9.36. The summed E-state index contributed by atoms with van der Waals surface area (Å²) in [5.74, 6) is -0.173. The molecule has 0 spiro atoms. The first-order chi connectivity index (χ1) is 10.1. The molecule has 1 aromatic carbocycles. The fourth-order valence-electron chi connectivity index (χ4n) is 3.58. The fraction of sp³-hybridized carbons (Fsp3) is 0.588. The zero-order valence-corrected chi connectivity index (χ0v) is 12.4. The van der Waals surface area contributed by atoms with E-state index in [1.54, 1.807) is 0 Å². The number of nitrogens with two attached hydrogens (primary N) is 1. The molecule has 1 fully saturated rings. The maximum absolute atomic E-state index is 11.3. The Bertz CT molecular complexity index is 530. The zero-order valence-electron chi connectivity index (χ0n) is 12.4. The summed E-state index contributed by atoms with van der Waals surface area (Å²) in [6.45, 7) is 2.75. The van der Waals surface area contributed by atoms with Gasteiger partial charge < -0.3 is 10.8 Å². The quantitative estimate of drug-likeness (QED) is 0.879. The standard InChI is InChI=1S/C17H24N2O2/c18-17(21)15-6-5-13-8-12(3-4-14(13)9-15)10-19-7-1-2-16(20)11-19/h3-4,8,15-16,20H,1-2,5-7,9-11H2,(H2,18,21). The maximum Gasteiger partial charge on any atom is 0.220 e. The molecule has 4 heteroatoms. The lowest BCUT2D eigenvalue weighted by Gasteiger charge is -2.30. The molecule has 4 nitrogen and oxygen atoms in total. The smallest absolute Gasteiger partial charge is 0.220 e. The van der Waals surface area contributed by atoms with E-state index in [1.807, 2.05) is 0 Å². The molecule has 2 unspecified atom stereocenters. The Morgan fingerprint density at radius 2 is 2.19 bits per heavy atom. The summed E-state index contributed by atoms with van der Waals surface area (Å²) in [6.07, 6.45) is 4.43. The first kappa shape index (κ1) is 14.5. The highest BCUT2D eigenvalue weighted by atomic mass is 16.3. The topological polar surface area (TPSA) is 66.6 Å². The number of fused-ring (bicyclic) bond motifs is 1. The van der Waals surface area contributed by atoms with Crippen LogP contribution in [0.1, 0.15) is 36.0 Å². The van der Waals surface area contributed by atoms with Gasteiger partial charge in [-0.05, 0) is 55.3 Å². The highest BCUT2D eigenvalue weighted by Crippen LogP contribution is 2.27. The fourth-order valence-corrected chi connectivity index (χ4v) is 3.58. The number of piperidine rings is 1. The normalized spacial score (nSPS) is 26.3. The van der Waals surface area contributed by atoms with Crippen LogP contribution < -0.4 is 5.73 Å². The molecule has 2 aliphatic rings. The molecule has 1 aliphatic carbocycles. The molecule has 0 radical (unpaired) electrons. The molecule has 3 rings (SSSR count). The number of rotatable bonds is 3. The van der Waals surface area contributed by atoms with Crippen LogP contribution in [0.3, 0.4) is 0 Å². The molecule has 0 saturated carbocycles. The molecule has 2 atom stereocenters. The van der Waals surface area contributed by atoms with Crippen LogP contribution in [0.4, 0.5) is 0 Å². The number of amides is 1. The number of aliphatic hydroxyl groups excluding tert-OH is 1. The average Bonchev–Trinajstić information content (AvgIpc) is 2.46. The van der Waals surface area contributed by atoms with Gasteiger partial charge in [-0.15, -0.1) is 0 Å². The lowest BCUT2D eigenvalue weighted by Crippen LogP contribution is -2.37. The predicted octanol–water partition coefficient (Wildman–Crippen LogP) is 1.23. The Morgan fingerprint density at radius 3 is 2.95 bits per heavy atom. The Labute approximate surface area is 125 Å². The van der Waals surface area contributed by atoms with Crippen LogP contribution in [0, 0.1) is 5.92 Å². The molecule has 3 N–H and O–H groups in total. The van der Waals surface area contributed by atoms with Crippen LogP contribution in [-0.2, 0) is 24.2 Å². The molecule has 1 amide bonds. The predicted molar refractivity (Wildman–Crippen MR) is 81.7 cm³/mol. The number of benzene rings is 1. The number of β-amino-alcohol motifs (C(OH)–C–C–N with tert-alkyl or cyclic N) is 1. The number of hydrogen-bond donors (Lipinski definition) is 2. The van der Waals surface area contributed by atoms with Crippen LogP contribution in [0.2, 0.25) is 0 Å². The largest absolute Gasteiger partial charge is 0.392 e. The summed E-state index contributed by atoms with van der Waals surface area (Å²) < 4.78 is 0. The van der Waals surface area contributed by atoms with Crippen LogP contribution in [0.25, 0.3) is 0 Å². The van der Waals surface area contributed by atoms with E-state index >= 15 is 0 Å². The van der Waals surface area contributed by atoms with Gasteiger partial charge in [0.2, 0.25) is 5.91 Å². The van der Waals surface area contributed by atoms with Crippen LogP contribution in [0.5, 0.6) is 0 Å². The molecular weight excluding hydrogens is 264 g/mol. The van der Waals surface area contributed by atoms with Gasteiger partial charge in [0.05, 0.1) is 6.10 Å². The van der Waals surface area contributed by atoms with E-state index in [4.69, 9.17) is 5.73 Å². The van der Waals surface area contributed by atoms with Gasteiger partial charge in [0.15, 0.2) is 0 Å². The molecule has 0 bridgehead atoms. The van der Waals surface area contributed by atoms with Crippen LogP contribution >= 0.6 is 0 Å². The second-order valence-corrected chi connectivity index (χ2v) is 6.48. The second kappa shape index (κ2) is 6.16. The molecular formula is C17H24N2O2. The van der Waals surface area contributed by atoms with E-state index in [-0.39, 0.29) is 17.9 Å². The monoisotopic (exact) mass is 288 g/mol. The second-order valence-electron chi connectivity index (χ2n) is 6.48. The third-order valence-corrected chi connectivity index (χ3v) is 4.79. The van der Waals surface area contributed by atoms with Crippen molar-refractivity contribution in [2.45, 2.75) is 44.8 Å². The van der Waals surface area contributed by atoms with E-state index in [2.05, 4.69) is 23.1 Å². The number of aliphatic hydroxyl groups is 1. The van der Waals surface area contributed by atoms with Crippen molar-refractivity contribution < 1.29 is 9.90 Å². The number of likely N-dealkylation sites (tertiary alicyclic amines) is 1. The van der Waals surface area contributed by atoms with E-state index in [9.17, 15) is 9.90 Å². The van der Waals surface area contributed by atoms with Crippen molar-refractivity contribution in [1.82, 2.24) is 4.90 Å². The number of carbonyl (C=O) groups is 1. The first-order valence-corrected chi connectivity index (χ1v) is 7.92. The minimum absolute atomic E-state index is 0.000548. The summed E-state index contributed by atoms with van der Waals surface area (Å²) in [7, 11) is 0. The minimum atomic E-state index is -0.174. The van der Waals surface area contributed by atoms with E-state index in [1.165, 1.54) is 16.7 Å². The van der Waals surface area contributed by atoms with Gasteiger partial charge in [-0.25, -0.2) is 0 Å². The lowest BCUT2D eigenvalue weighted by atomic mass is 9.83. The molecule has 0 aromatic heterocycles. The molecule has 21 heavy (non-hydrogen) atoms. The van der Waals surface area contributed by atoms with Crippen molar-refractivity contribution in [2.24, 2.45) is 11.7 Å². The molecule has 1 aliphatic heterocycles. The van der Waals surface area contributed by atoms with Gasteiger partial charge in [0, 0.05) is 19.0 Å². The summed E-state index contributed by atoms with van der Waals surface area (Å²) >= 11 is 0. The SMILES string of the molecule is NC(=O)C1CCc2cc(CN3CCCC(O)C3)ccc2C1. The summed E-state index contributed by atoms with van der Waals surface area (Å²) in [6, 6.07) is 6.58. The number of aryl methyl sites for hydroxylation is 1. The van der Waals surface area contributed by atoms with Gasteiger partial charge >= 0.3 is 0 Å². The number of carbonyl (C=O) groups excluding carboxylic acids is 1. The van der Waals surface area contributed by atoms with Crippen molar-refractivity contribution in [1.29, 1.82) is 0 Å². The van der Waals surface area contributed by atoms with Crippen molar-refractivity contribution >= 4 is 5.91 Å². The minimum Gasteiger partial charge on any atom is -0.392 e. The molecule has 114 valence electrons. The summed E-state index contributed by atoms with van der Waals surface area (Å²) in [5, 5.41) is 9.75. The lowest BCUT2D eigenvalue weighted by molar-refractivity contribution is -0.122.